The van der Waals surface area contributed by atoms with Crippen LogP contribution in [-0.2, 0) is 4.43 Å². The SMILES string of the molecule is C[Si](C)(C)OC(/C=C(/[Te]c1ccccc1)c1ccccc1)C1CCCCC1. The maximum absolute atomic E-state index is 6.75. The molecule has 1 unspecified atom stereocenters. The first-order chi connectivity index (χ1) is 13.0. The van der Waals surface area contributed by atoms with Crippen molar-refractivity contribution in [2.24, 2.45) is 5.92 Å². The molecule has 144 valence electrons. The number of benzene rings is 2. The third-order valence-electron chi connectivity index (χ3n) is 4.95. The van der Waals surface area contributed by atoms with Gasteiger partial charge in [0.2, 0.25) is 0 Å². The van der Waals surface area contributed by atoms with Crippen molar-refractivity contribution in [1.82, 2.24) is 0 Å². The fourth-order valence-electron chi connectivity index (χ4n) is 3.69. The van der Waals surface area contributed by atoms with Crippen LogP contribution < -0.4 is 3.61 Å². The van der Waals surface area contributed by atoms with Crippen LogP contribution in [0.4, 0.5) is 0 Å². The van der Waals surface area contributed by atoms with Gasteiger partial charge in [-0.15, -0.1) is 0 Å². The molecule has 0 radical (unpaired) electrons. The van der Waals surface area contributed by atoms with E-state index in [0.717, 1.165) is 0 Å². The molecule has 0 amide bonds. The average Bonchev–Trinajstić information content (AvgIpc) is 2.68. The predicted molar refractivity (Wildman–Crippen MR) is 121 cm³/mol. The van der Waals surface area contributed by atoms with Gasteiger partial charge in [0.25, 0.3) is 0 Å². The van der Waals surface area contributed by atoms with Crippen LogP contribution in [0, 0.1) is 5.92 Å². The Bertz CT molecular complexity index is 715. The normalized spacial score (nSPS) is 17.7. The zero-order valence-corrected chi connectivity index (χ0v) is 20.2. The van der Waals surface area contributed by atoms with Crippen molar-refractivity contribution >= 4 is 36.5 Å². The molecule has 1 aliphatic carbocycles. The molecule has 2 aromatic carbocycles. The van der Waals surface area contributed by atoms with E-state index in [4.69, 9.17) is 4.43 Å². The third-order valence-corrected chi connectivity index (χ3v) is 9.07. The van der Waals surface area contributed by atoms with Crippen LogP contribution in [0.2, 0.25) is 19.6 Å². The fraction of sp³-hybridized carbons (Fsp3) is 0.417. The molecule has 27 heavy (non-hydrogen) atoms. The molecule has 0 aromatic heterocycles. The van der Waals surface area contributed by atoms with Crippen LogP contribution in [0.25, 0.3) is 3.62 Å². The van der Waals surface area contributed by atoms with Gasteiger partial charge < -0.3 is 0 Å². The van der Waals surface area contributed by atoms with E-state index in [1.54, 1.807) is 0 Å². The second-order valence-electron chi connectivity index (χ2n) is 8.40. The molecule has 1 aliphatic rings. The first kappa shape index (κ1) is 20.9. The Kier molecular flexibility index (Phi) is 7.79. The molecule has 1 atom stereocenters. The zero-order valence-electron chi connectivity index (χ0n) is 16.9. The van der Waals surface area contributed by atoms with Crippen LogP contribution in [0.5, 0.6) is 0 Å². The minimum absolute atomic E-state index is 0.279. The third kappa shape index (κ3) is 6.91. The monoisotopic (exact) mass is 494 g/mol. The summed E-state index contributed by atoms with van der Waals surface area (Å²) in [6.45, 7) is 6.98. The Morgan fingerprint density at radius 2 is 1.52 bits per heavy atom. The van der Waals surface area contributed by atoms with Gasteiger partial charge in [0.1, 0.15) is 0 Å². The standard InChI is InChI=1S/C24H32OSiTe/c1-26(2,3)25-23(20-13-7-4-8-14-20)19-24(21-15-9-5-10-16-21)27-22-17-11-6-12-18-22/h5-6,9-12,15-20,23H,4,7-8,13-14H2,1-3H3/b24-19+. The first-order valence-electron chi connectivity index (χ1n) is 10.2. The zero-order chi connectivity index (χ0) is 19.1. The van der Waals surface area contributed by atoms with Crippen molar-refractivity contribution < 1.29 is 4.43 Å². The van der Waals surface area contributed by atoms with Gasteiger partial charge in [0.15, 0.2) is 0 Å². The summed E-state index contributed by atoms with van der Waals surface area (Å²) in [4.78, 5) is 0. The van der Waals surface area contributed by atoms with Gasteiger partial charge in [-0.2, -0.15) is 0 Å². The van der Waals surface area contributed by atoms with E-state index in [2.05, 4.69) is 86.4 Å². The van der Waals surface area contributed by atoms with Gasteiger partial charge in [-0.05, 0) is 0 Å². The van der Waals surface area contributed by atoms with Crippen molar-refractivity contribution in [2.75, 3.05) is 0 Å². The summed E-state index contributed by atoms with van der Waals surface area (Å²) < 4.78 is 9.77. The minimum atomic E-state index is -1.59. The summed E-state index contributed by atoms with van der Waals surface area (Å²) in [7, 11) is -1.59. The average molecular weight is 492 g/mol. The summed E-state index contributed by atoms with van der Waals surface area (Å²) in [5, 5.41) is 0. The molecule has 0 aliphatic heterocycles. The van der Waals surface area contributed by atoms with Crippen LogP contribution >= 0.6 is 0 Å². The molecule has 3 rings (SSSR count). The van der Waals surface area contributed by atoms with E-state index in [1.807, 2.05) is 0 Å². The molecular formula is C24H32OSiTe. The Hall–Kier alpha value is -0.854. The van der Waals surface area contributed by atoms with E-state index >= 15 is 0 Å². The maximum atomic E-state index is 6.75. The predicted octanol–water partition coefficient (Wildman–Crippen LogP) is 5.86. The van der Waals surface area contributed by atoms with E-state index in [-0.39, 0.29) is 6.10 Å². The summed E-state index contributed by atoms with van der Waals surface area (Å²) >= 11 is -0.435. The Morgan fingerprint density at radius 1 is 0.926 bits per heavy atom. The molecule has 3 heteroatoms. The Labute approximate surface area is 176 Å². The van der Waals surface area contributed by atoms with E-state index in [9.17, 15) is 0 Å². The van der Waals surface area contributed by atoms with E-state index in [0.29, 0.717) is 5.92 Å². The molecule has 0 spiro atoms. The fourth-order valence-corrected chi connectivity index (χ4v) is 7.63. The molecule has 2 aromatic rings. The van der Waals surface area contributed by atoms with Crippen molar-refractivity contribution in [3.05, 3.63) is 72.3 Å². The van der Waals surface area contributed by atoms with Crippen molar-refractivity contribution in [1.29, 1.82) is 0 Å². The second kappa shape index (κ2) is 10.1. The molecule has 1 nitrogen and oxygen atoms in total. The molecule has 0 bridgehead atoms. The van der Waals surface area contributed by atoms with Crippen molar-refractivity contribution in [2.45, 2.75) is 57.8 Å². The van der Waals surface area contributed by atoms with E-state index in [1.165, 1.54) is 44.9 Å². The molecule has 1 fully saturated rings. The topological polar surface area (TPSA) is 9.23 Å². The molecule has 0 heterocycles. The summed E-state index contributed by atoms with van der Waals surface area (Å²) in [5.41, 5.74) is 1.38. The van der Waals surface area contributed by atoms with Crippen molar-refractivity contribution in [3.63, 3.8) is 0 Å². The number of hydrogen-bond acceptors (Lipinski definition) is 1. The quantitative estimate of drug-likeness (QED) is 0.441. The van der Waals surface area contributed by atoms with Crippen LogP contribution in [-0.4, -0.2) is 35.3 Å². The number of rotatable bonds is 7. The van der Waals surface area contributed by atoms with Gasteiger partial charge in [0, 0.05) is 0 Å². The summed E-state index contributed by atoms with van der Waals surface area (Å²) in [6.07, 6.45) is 9.56. The van der Waals surface area contributed by atoms with Gasteiger partial charge >= 0.3 is 177 Å². The molecule has 1 saturated carbocycles. The van der Waals surface area contributed by atoms with Crippen LogP contribution in [0.3, 0.4) is 0 Å². The summed E-state index contributed by atoms with van der Waals surface area (Å²) in [6, 6.07) is 22.0. The summed E-state index contributed by atoms with van der Waals surface area (Å²) in [5.74, 6) is 0.687. The van der Waals surface area contributed by atoms with Crippen molar-refractivity contribution in [3.8, 4) is 0 Å². The van der Waals surface area contributed by atoms with Crippen LogP contribution in [0.1, 0.15) is 37.7 Å². The first-order valence-corrected chi connectivity index (χ1v) is 15.9. The van der Waals surface area contributed by atoms with Gasteiger partial charge in [-0.3, -0.25) is 0 Å². The molecule has 0 N–H and O–H groups in total. The van der Waals surface area contributed by atoms with Gasteiger partial charge in [-0.1, -0.05) is 0 Å². The Balaban J connectivity index is 1.93. The second-order valence-corrected chi connectivity index (χ2v) is 16.0. The van der Waals surface area contributed by atoms with E-state index < -0.39 is 29.2 Å². The van der Waals surface area contributed by atoms with Gasteiger partial charge in [0.05, 0.1) is 0 Å². The molecule has 0 saturated heterocycles. The molecular weight excluding hydrogens is 460 g/mol. The Morgan fingerprint density at radius 3 is 2.11 bits per heavy atom. The van der Waals surface area contributed by atoms with Crippen LogP contribution in [0.15, 0.2) is 66.7 Å². The number of hydrogen-bond donors (Lipinski definition) is 0. The van der Waals surface area contributed by atoms with Gasteiger partial charge in [-0.25, -0.2) is 0 Å².